The number of amides is 1. The average molecular weight is 208 g/mol. The van der Waals surface area contributed by atoms with E-state index < -0.39 is 0 Å². The molecule has 82 valence electrons. The van der Waals surface area contributed by atoms with Crippen molar-refractivity contribution in [2.24, 2.45) is 0 Å². The van der Waals surface area contributed by atoms with Gasteiger partial charge in [0.25, 0.3) is 5.91 Å². The average Bonchev–Trinajstić information content (AvgIpc) is 2.79. The Hall–Kier alpha value is -1.32. The van der Waals surface area contributed by atoms with Gasteiger partial charge in [0.05, 0.1) is 0 Å². The van der Waals surface area contributed by atoms with Crippen molar-refractivity contribution in [3.8, 4) is 0 Å². The van der Waals surface area contributed by atoms with Crippen LogP contribution in [0.1, 0.15) is 47.5 Å². The molecule has 0 bridgehead atoms. The molecule has 1 amide bonds. The molecule has 1 heterocycles. The first-order valence-electron chi connectivity index (χ1n) is 5.42. The second-order valence-electron chi connectivity index (χ2n) is 4.17. The lowest BCUT2D eigenvalue weighted by molar-refractivity contribution is 0.0928. The number of rotatable bonds is 2. The largest absolute Gasteiger partial charge is 0.361 e. The van der Waals surface area contributed by atoms with Gasteiger partial charge in [0, 0.05) is 11.6 Å². The minimum Gasteiger partial charge on any atom is -0.361 e. The van der Waals surface area contributed by atoms with Crippen LogP contribution < -0.4 is 5.32 Å². The molecule has 0 unspecified atom stereocenters. The number of nitrogens with zero attached hydrogens (tertiary/aromatic N) is 1. The molecule has 1 aromatic heterocycles. The molecule has 0 spiro atoms. The summed E-state index contributed by atoms with van der Waals surface area (Å²) in [5.41, 5.74) is 1.27. The number of aryl methyl sites for hydroxylation is 1. The van der Waals surface area contributed by atoms with Crippen molar-refractivity contribution in [2.75, 3.05) is 0 Å². The molecule has 4 nitrogen and oxygen atoms in total. The lowest BCUT2D eigenvalue weighted by atomic mass is 10.2. The maximum Gasteiger partial charge on any atom is 0.273 e. The topological polar surface area (TPSA) is 55.1 Å². The lowest BCUT2D eigenvalue weighted by Gasteiger charge is -2.10. The second kappa shape index (κ2) is 4.04. The van der Waals surface area contributed by atoms with Gasteiger partial charge in [0.1, 0.15) is 5.76 Å². The van der Waals surface area contributed by atoms with Crippen molar-refractivity contribution in [1.29, 1.82) is 0 Å². The molecule has 0 aromatic carbocycles. The summed E-state index contributed by atoms with van der Waals surface area (Å²) in [6.45, 7) is 3.67. The summed E-state index contributed by atoms with van der Waals surface area (Å²) in [6, 6.07) is 0.328. The Morgan fingerprint density at radius 3 is 2.60 bits per heavy atom. The fourth-order valence-electron chi connectivity index (χ4n) is 1.95. The van der Waals surface area contributed by atoms with E-state index in [4.69, 9.17) is 4.52 Å². The fraction of sp³-hybridized carbons (Fsp3) is 0.636. The zero-order valence-corrected chi connectivity index (χ0v) is 9.17. The predicted octanol–water partition coefficient (Wildman–Crippen LogP) is 1.96. The minimum absolute atomic E-state index is 0.101. The quantitative estimate of drug-likeness (QED) is 0.808. The maximum atomic E-state index is 11.8. The molecule has 1 aliphatic rings. The summed E-state index contributed by atoms with van der Waals surface area (Å²) >= 11 is 0. The van der Waals surface area contributed by atoms with Crippen LogP contribution in [0.4, 0.5) is 0 Å². The van der Waals surface area contributed by atoms with E-state index in [1.165, 1.54) is 12.8 Å². The highest BCUT2D eigenvalue weighted by Crippen LogP contribution is 2.19. The number of carbonyl (C=O) groups is 1. The highest BCUT2D eigenvalue weighted by atomic mass is 16.5. The van der Waals surface area contributed by atoms with Crippen molar-refractivity contribution in [3.63, 3.8) is 0 Å². The van der Waals surface area contributed by atoms with E-state index in [1.54, 1.807) is 0 Å². The third-order valence-electron chi connectivity index (χ3n) is 3.06. The van der Waals surface area contributed by atoms with Crippen LogP contribution in [0.5, 0.6) is 0 Å². The lowest BCUT2D eigenvalue weighted by Crippen LogP contribution is -2.33. The molecule has 15 heavy (non-hydrogen) atoms. The van der Waals surface area contributed by atoms with Gasteiger partial charge in [-0.15, -0.1) is 0 Å². The van der Waals surface area contributed by atoms with Gasteiger partial charge in [-0.05, 0) is 26.7 Å². The predicted molar refractivity (Wildman–Crippen MR) is 55.7 cm³/mol. The summed E-state index contributed by atoms with van der Waals surface area (Å²) in [4.78, 5) is 11.8. The molecular formula is C11H16N2O2. The molecule has 1 saturated carbocycles. The van der Waals surface area contributed by atoms with Crippen LogP contribution >= 0.6 is 0 Å². The van der Waals surface area contributed by atoms with Crippen molar-refractivity contribution >= 4 is 5.91 Å². The third kappa shape index (κ3) is 2.03. The monoisotopic (exact) mass is 208 g/mol. The van der Waals surface area contributed by atoms with Crippen molar-refractivity contribution in [1.82, 2.24) is 10.5 Å². The molecule has 2 rings (SSSR count). The van der Waals surface area contributed by atoms with Crippen LogP contribution in [0, 0.1) is 13.8 Å². The Morgan fingerprint density at radius 1 is 1.40 bits per heavy atom. The van der Waals surface area contributed by atoms with Crippen LogP contribution in [-0.4, -0.2) is 17.1 Å². The molecule has 0 saturated heterocycles. The molecule has 1 N–H and O–H groups in total. The van der Waals surface area contributed by atoms with E-state index in [1.807, 2.05) is 13.8 Å². The molecule has 0 radical (unpaired) electrons. The first kappa shape index (κ1) is 10.2. The summed E-state index contributed by atoms with van der Waals surface area (Å²) in [5, 5.41) is 6.76. The Kier molecular flexibility index (Phi) is 2.75. The van der Waals surface area contributed by atoms with Crippen LogP contribution in [0.25, 0.3) is 0 Å². The smallest absolute Gasteiger partial charge is 0.273 e. The highest BCUT2D eigenvalue weighted by molar-refractivity contribution is 5.93. The zero-order chi connectivity index (χ0) is 10.8. The van der Waals surface area contributed by atoms with Crippen molar-refractivity contribution < 1.29 is 9.32 Å². The number of aromatic nitrogens is 1. The van der Waals surface area contributed by atoms with E-state index in [0.29, 0.717) is 17.5 Å². The van der Waals surface area contributed by atoms with Crippen LogP contribution in [0.2, 0.25) is 0 Å². The first-order valence-corrected chi connectivity index (χ1v) is 5.42. The molecule has 4 heteroatoms. The van der Waals surface area contributed by atoms with Gasteiger partial charge < -0.3 is 9.84 Å². The SMILES string of the molecule is Cc1onc(C(=O)NC2CCCC2)c1C. The van der Waals surface area contributed by atoms with E-state index in [2.05, 4.69) is 10.5 Å². The minimum atomic E-state index is -0.101. The van der Waals surface area contributed by atoms with Gasteiger partial charge >= 0.3 is 0 Å². The first-order chi connectivity index (χ1) is 7.18. The molecule has 0 atom stereocenters. The van der Waals surface area contributed by atoms with Gasteiger partial charge in [-0.1, -0.05) is 18.0 Å². The van der Waals surface area contributed by atoms with E-state index >= 15 is 0 Å². The van der Waals surface area contributed by atoms with E-state index in [-0.39, 0.29) is 5.91 Å². The Morgan fingerprint density at radius 2 is 2.07 bits per heavy atom. The van der Waals surface area contributed by atoms with Crippen LogP contribution in [0.15, 0.2) is 4.52 Å². The molecule has 1 fully saturated rings. The normalized spacial score (nSPS) is 16.9. The maximum absolute atomic E-state index is 11.8. The van der Waals surface area contributed by atoms with Crippen LogP contribution in [0.3, 0.4) is 0 Å². The number of hydrogen-bond acceptors (Lipinski definition) is 3. The van der Waals surface area contributed by atoms with Gasteiger partial charge in [-0.2, -0.15) is 0 Å². The fourth-order valence-corrected chi connectivity index (χ4v) is 1.95. The van der Waals surface area contributed by atoms with Crippen molar-refractivity contribution in [2.45, 2.75) is 45.6 Å². The van der Waals surface area contributed by atoms with E-state index in [0.717, 1.165) is 18.4 Å². The summed E-state index contributed by atoms with van der Waals surface area (Å²) in [5.74, 6) is 0.614. The van der Waals surface area contributed by atoms with Gasteiger partial charge in [-0.3, -0.25) is 4.79 Å². The van der Waals surface area contributed by atoms with Gasteiger partial charge in [0.2, 0.25) is 0 Å². The summed E-state index contributed by atoms with van der Waals surface area (Å²) in [6.07, 6.45) is 4.59. The van der Waals surface area contributed by atoms with Gasteiger partial charge in [0.15, 0.2) is 5.69 Å². The van der Waals surface area contributed by atoms with Gasteiger partial charge in [-0.25, -0.2) is 0 Å². The second-order valence-corrected chi connectivity index (χ2v) is 4.17. The third-order valence-corrected chi connectivity index (χ3v) is 3.06. The Balaban J connectivity index is 2.04. The summed E-state index contributed by atoms with van der Waals surface area (Å²) < 4.78 is 4.97. The zero-order valence-electron chi connectivity index (χ0n) is 9.17. The Labute approximate surface area is 89.0 Å². The van der Waals surface area contributed by atoms with E-state index in [9.17, 15) is 4.79 Å². The standard InChI is InChI=1S/C11H16N2O2/c1-7-8(2)15-13-10(7)11(14)12-9-5-3-4-6-9/h9H,3-6H2,1-2H3,(H,12,14). The number of carbonyl (C=O) groups excluding carboxylic acids is 1. The number of hydrogen-bond donors (Lipinski definition) is 1. The van der Waals surface area contributed by atoms with Crippen LogP contribution in [-0.2, 0) is 0 Å². The van der Waals surface area contributed by atoms with Crippen molar-refractivity contribution in [3.05, 3.63) is 17.0 Å². The molecule has 1 aliphatic carbocycles. The number of nitrogens with one attached hydrogen (secondary N) is 1. The molecule has 1 aromatic rings. The molecule has 0 aliphatic heterocycles. The Bertz CT molecular complexity index is 365. The molecular weight excluding hydrogens is 192 g/mol. The highest BCUT2D eigenvalue weighted by Gasteiger charge is 2.21. The summed E-state index contributed by atoms with van der Waals surface area (Å²) in [7, 11) is 0.